The van der Waals surface area contributed by atoms with Crippen LogP contribution in [0.1, 0.15) is 54.4 Å². The Balaban J connectivity index is 1.71. The lowest BCUT2D eigenvalue weighted by Gasteiger charge is -2.49. The minimum Gasteiger partial charge on any atom is -0.320 e. The van der Waals surface area contributed by atoms with E-state index in [1.807, 2.05) is 50.2 Å². The summed E-state index contributed by atoms with van der Waals surface area (Å²) in [6.07, 6.45) is 2.81. The van der Waals surface area contributed by atoms with Crippen molar-refractivity contribution in [2.24, 2.45) is 0 Å². The first-order valence-electron chi connectivity index (χ1n) is 12.4. The molecule has 3 atom stereocenters. The molecule has 0 aromatic heterocycles. The number of hydrogen-bond donors (Lipinski definition) is 1. The van der Waals surface area contributed by atoms with Gasteiger partial charge in [-0.15, -0.1) is 0 Å². The smallest absolute Gasteiger partial charge is 0.282 e. The maximum absolute atomic E-state index is 14.8. The van der Waals surface area contributed by atoms with Crippen molar-refractivity contribution >= 4 is 11.6 Å². The molecular weight excluding hydrogens is 423 g/mol. The number of amides is 1. The molecule has 3 aromatic rings. The third kappa shape index (κ3) is 5.07. The molecule has 0 spiro atoms. The maximum Gasteiger partial charge on any atom is 0.282 e. The molecule has 3 aromatic carbocycles. The van der Waals surface area contributed by atoms with Crippen LogP contribution in [0.15, 0.2) is 72.8 Å². The molecule has 3 unspecified atom stereocenters. The number of rotatable bonds is 7. The zero-order valence-corrected chi connectivity index (χ0v) is 20.6. The van der Waals surface area contributed by atoms with Gasteiger partial charge in [0.15, 0.2) is 6.04 Å². The number of quaternary nitrogens is 1. The Morgan fingerprint density at radius 3 is 2.35 bits per heavy atom. The highest BCUT2D eigenvalue weighted by atomic mass is 19.1. The van der Waals surface area contributed by atoms with E-state index in [0.29, 0.717) is 28.9 Å². The number of para-hydroxylation sites is 1. The molecule has 0 saturated carbocycles. The number of nitrogens with one attached hydrogen (secondary N) is 1. The lowest BCUT2D eigenvalue weighted by molar-refractivity contribution is -0.960. The van der Waals surface area contributed by atoms with Gasteiger partial charge in [0.25, 0.3) is 5.91 Å². The molecular formula is C30H36FN2O+. The predicted molar refractivity (Wildman–Crippen MR) is 137 cm³/mol. The highest BCUT2D eigenvalue weighted by Gasteiger charge is 2.45. The van der Waals surface area contributed by atoms with Crippen molar-refractivity contribution < 1.29 is 13.7 Å². The summed E-state index contributed by atoms with van der Waals surface area (Å²) in [7, 11) is 0. The monoisotopic (exact) mass is 459 g/mol. The van der Waals surface area contributed by atoms with Gasteiger partial charge in [-0.2, -0.15) is 0 Å². The Hall–Kier alpha value is -2.98. The first-order valence-corrected chi connectivity index (χ1v) is 12.4. The lowest BCUT2D eigenvalue weighted by atomic mass is 9.86. The third-order valence-electron chi connectivity index (χ3n) is 7.53. The van der Waals surface area contributed by atoms with Gasteiger partial charge in [0.1, 0.15) is 12.4 Å². The van der Waals surface area contributed by atoms with E-state index >= 15 is 0 Å². The number of aryl methyl sites for hydroxylation is 2. The van der Waals surface area contributed by atoms with Gasteiger partial charge < -0.3 is 9.80 Å². The SMILES string of the molecule is CCC(C(=O)Nc1c(C)cccc1C)[N+]1(Cc2ccccc2F)CCCC(c2ccccc2)C1. The number of hydrogen-bond acceptors (Lipinski definition) is 1. The fourth-order valence-electron chi connectivity index (χ4n) is 5.81. The van der Waals surface area contributed by atoms with E-state index in [9.17, 15) is 9.18 Å². The summed E-state index contributed by atoms with van der Waals surface area (Å²) in [5.41, 5.74) is 5.01. The van der Waals surface area contributed by atoms with Crippen molar-refractivity contribution in [3.05, 3.63) is 101 Å². The van der Waals surface area contributed by atoms with Crippen molar-refractivity contribution in [1.29, 1.82) is 0 Å². The van der Waals surface area contributed by atoms with Crippen LogP contribution >= 0.6 is 0 Å². The van der Waals surface area contributed by atoms with E-state index in [1.54, 1.807) is 6.07 Å². The molecule has 1 saturated heterocycles. The molecule has 0 radical (unpaired) electrons. The molecule has 34 heavy (non-hydrogen) atoms. The minimum absolute atomic E-state index is 0.0324. The number of halogens is 1. The number of carbonyl (C=O) groups excluding carboxylic acids is 1. The van der Waals surface area contributed by atoms with Crippen LogP contribution in [0.5, 0.6) is 0 Å². The Morgan fingerprint density at radius 2 is 1.68 bits per heavy atom. The van der Waals surface area contributed by atoms with Gasteiger partial charge in [-0.25, -0.2) is 4.39 Å². The van der Waals surface area contributed by atoms with Crippen molar-refractivity contribution in [2.45, 2.75) is 58.5 Å². The Kier molecular flexibility index (Phi) is 7.47. The largest absolute Gasteiger partial charge is 0.320 e. The number of benzene rings is 3. The van der Waals surface area contributed by atoms with Gasteiger partial charge in [-0.05, 0) is 49.4 Å². The Labute approximate surface area is 203 Å². The predicted octanol–water partition coefficient (Wildman–Crippen LogP) is 6.75. The van der Waals surface area contributed by atoms with Crippen LogP contribution in [-0.2, 0) is 11.3 Å². The van der Waals surface area contributed by atoms with Crippen molar-refractivity contribution in [1.82, 2.24) is 0 Å². The zero-order chi connectivity index (χ0) is 24.1. The molecule has 1 aliphatic rings. The molecule has 178 valence electrons. The van der Waals surface area contributed by atoms with Gasteiger partial charge in [-0.1, -0.05) is 73.7 Å². The second-order valence-corrected chi connectivity index (χ2v) is 9.80. The third-order valence-corrected chi connectivity index (χ3v) is 7.53. The molecule has 0 aliphatic carbocycles. The normalized spacial score (nSPS) is 21.1. The van der Waals surface area contributed by atoms with Crippen LogP contribution in [0.25, 0.3) is 0 Å². The lowest BCUT2D eigenvalue weighted by Crippen LogP contribution is -2.62. The summed E-state index contributed by atoms with van der Waals surface area (Å²) in [4.78, 5) is 13.9. The van der Waals surface area contributed by atoms with Crippen LogP contribution in [-0.4, -0.2) is 29.5 Å². The van der Waals surface area contributed by atoms with E-state index in [-0.39, 0.29) is 17.8 Å². The average molecular weight is 460 g/mol. The average Bonchev–Trinajstić information content (AvgIpc) is 2.84. The fraction of sp³-hybridized carbons (Fsp3) is 0.367. The standard InChI is InChI=1S/C30H35FN2O/c1-4-28(30(34)32-29-22(2)12-10-13-23(29)3)33(21-26-16-8-9-18-27(26)31)19-11-17-25(20-33)24-14-6-5-7-15-24/h5-10,12-16,18,25,28H,4,11,17,19-21H2,1-3H3/p+1. The van der Waals surface area contributed by atoms with E-state index in [1.165, 1.54) is 11.6 Å². The first-order chi connectivity index (χ1) is 16.4. The molecule has 0 bridgehead atoms. The minimum atomic E-state index is -0.259. The second kappa shape index (κ2) is 10.5. The summed E-state index contributed by atoms with van der Waals surface area (Å²) >= 11 is 0. The van der Waals surface area contributed by atoms with Gasteiger partial charge in [-0.3, -0.25) is 4.79 Å². The van der Waals surface area contributed by atoms with E-state index in [0.717, 1.165) is 42.7 Å². The molecule has 1 N–H and O–H groups in total. The molecule has 1 amide bonds. The van der Waals surface area contributed by atoms with Crippen LogP contribution in [0.2, 0.25) is 0 Å². The number of carbonyl (C=O) groups is 1. The number of nitrogens with zero attached hydrogens (tertiary/aromatic N) is 1. The molecule has 1 aliphatic heterocycles. The van der Waals surface area contributed by atoms with Gasteiger partial charge in [0.05, 0.1) is 13.1 Å². The van der Waals surface area contributed by atoms with Crippen LogP contribution < -0.4 is 5.32 Å². The number of likely N-dealkylation sites (tertiary alicyclic amines) is 1. The van der Waals surface area contributed by atoms with Crippen molar-refractivity contribution in [2.75, 3.05) is 18.4 Å². The summed E-state index contributed by atoms with van der Waals surface area (Å²) in [5.74, 6) is 0.195. The molecule has 1 heterocycles. The molecule has 4 heteroatoms. The number of anilines is 1. The van der Waals surface area contributed by atoms with Gasteiger partial charge in [0, 0.05) is 23.6 Å². The van der Waals surface area contributed by atoms with E-state index in [4.69, 9.17) is 0 Å². The van der Waals surface area contributed by atoms with E-state index in [2.05, 4.69) is 36.5 Å². The van der Waals surface area contributed by atoms with Crippen molar-refractivity contribution in [3.63, 3.8) is 0 Å². The number of piperidine rings is 1. The quantitative estimate of drug-likeness (QED) is 0.389. The molecule has 1 fully saturated rings. The van der Waals surface area contributed by atoms with Crippen molar-refractivity contribution in [3.8, 4) is 0 Å². The highest BCUT2D eigenvalue weighted by molar-refractivity contribution is 5.95. The fourth-order valence-corrected chi connectivity index (χ4v) is 5.81. The zero-order valence-electron chi connectivity index (χ0n) is 20.6. The molecule has 4 rings (SSSR count). The first kappa shape index (κ1) is 24.2. The summed E-state index contributed by atoms with van der Waals surface area (Å²) in [5, 5.41) is 3.26. The van der Waals surface area contributed by atoms with Crippen LogP contribution in [0, 0.1) is 19.7 Å². The maximum atomic E-state index is 14.8. The van der Waals surface area contributed by atoms with Crippen LogP contribution in [0.3, 0.4) is 0 Å². The Bertz CT molecular complexity index is 1110. The summed E-state index contributed by atoms with van der Waals surface area (Å²) in [6, 6.07) is 23.4. The van der Waals surface area contributed by atoms with Gasteiger partial charge in [0.2, 0.25) is 0 Å². The Morgan fingerprint density at radius 1 is 1.00 bits per heavy atom. The van der Waals surface area contributed by atoms with E-state index < -0.39 is 0 Å². The molecule has 3 nitrogen and oxygen atoms in total. The summed E-state index contributed by atoms with van der Waals surface area (Å²) in [6.45, 7) is 8.36. The van der Waals surface area contributed by atoms with Crippen LogP contribution in [0.4, 0.5) is 10.1 Å². The highest BCUT2D eigenvalue weighted by Crippen LogP contribution is 2.37. The van der Waals surface area contributed by atoms with Gasteiger partial charge >= 0.3 is 0 Å². The second-order valence-electron chi connectivity index (χ2n) is 9.80. The summed E-state index contributed by atoms with van der Waals surface area (Å²) < 4.78 is 15.4. The topological polar surface area (TPSA) is 29.1 Å².